The van der Waals surface area contributed by atoms with Gasteiger partial charge >= 0.3 is 0 Å². The fraction of sp³-hybridized carbons (Fsp3) is 0.375. The van der Waals surface area contributed by atoms with Crippen LogP contribution in [0, 0.1) is 6.92 Å². The quantitative estimate of drug-likeness (QED) is 0.660. The maximum absolute atomic E-state index is 5.40. The summed E-state index contributed by atoms with van der Waals surface area (Å²) in [7, 11) is 1.89. The summed E-state index contributed by atoms with van der Waals surface area (Å²) in [5.41, 5.74) is 7.50. The lowest BCUT2D eigenvalue weighted by Gasteiger charge is -1.98. The second kappa shape index (κ2) is 3.60. The molecule has 0 fully saturated rings. The smallest absolute Gasteiger partial charge is 0.243 e. The first-order valence-corrected chi connectivity index (χ1v) is 4.56. The Labute approximate surface area is 86.7 Å². The molecule has 4 N–H and O–H groups in total. The number of aromatic nitrogens is 5. The molecule has 7 nitrogen and oxygen atoms in total. The van der Waals surface area contributed by atoms with Crippen LogP contribution in [0.5, 0.6) is 0 Å². The molecule has 0 amide bonds. The molecule has 80 valence electrons. The molecule has 0 saturated carbocycles. The SMILES string of the molecule is Cc1nn(C)cc1CNc1n[nH]c(N)n1. The van der Waals surface area contributed by atoms with Crippen molar-refractivity contribution in [2.75, 3.05) is 11.1 Å². The zero-order valence-corrected chi connectivity index (χ0v) is 8.65. The van der Waals surface area contributed by atoms with Crippen molar-refractivity contribution in [3.63, 3.8) is 0 Å². The summed E-state index contributed by atoms with van der Waals surface area (Å²) in [5, 5.41) is 13.7. The summed E-state index contributed by atoms with van der Waals surface area (Å²) in [6.45, 7) is 2.60. The number of hydrogen-bond donors (Lipinski definition) is 3. The standard InChI is InChI=1S/C8H13N7/c1-5-6(4-15(2)14-5)3-10-8-11-7(9)12-13-8/h4H,3H2,1-2H3,(H4,9,10,11,12,13). The third-order valence-corrected chi connectivity index (χ3v) is 2.05. The van der Waals surface area contributed by atoms with E-state index in [1.54, 1.807) is 4.68 Å². The van der Waals surface area contributed by atoms with Crippen molar-refractivity contribution in [3.8, 4) is 0 Å². The van der Waals surface area contributed by atoms with Crippen molar-refractivity contribution < 1.29 is 0 Å². The van der Waals surface area contributed by atoms with Gasteiger partial charge in [0.15, 0.2) is 0 Å². The molecule has 7 heteroatoms. The first kappa shape index (κ1) is 9.50. The van der Waals surface area contributed by atoms with E-state index in [1.165, 1.54) is 0 Å². The van der Waals surface area contributed by atoms with Gasteiger partial charge in [0.05, 0.1) is 5.69 Å². The minimum Gasteiger partial charge on any atom is -0.368 e. The van der Waals surface area contributed by atoms with Gasteiger partial charge in [-0.15, -0.1) is 5.10 Å². The highest BCUT2D eigenvalue weighted by atomic mass is 15.3. The maximum atomic E-state index is 5.40. The van der Waals surface area contributed by atoms with E-state index in [2.05, 4.69) is 25.6 Å². The normalized spacial score (nSPS) is 10.5. The number of nitrogens with one attached hydrogen (secondary N) is 2. The highest BCUT2D eigenvalue weighted by Crippen LogP contribution is 2.07. The Balaban J connectivity index is 2.01. The van der Waals surface area contributed by atoms with Crippen LogP contribution in [0.4, 0.5) is 11.9 Å². The Morgan fingerprint density at radius 3 is 2.93 bits per heavy atom. The molecule has 0 unspecified atom stereocenters. The maximum Gasteiger partial charge on any atom is 0.243 e. The van der Waals surface area contributed by atoms with E-state index in [0.29, 0.717) is 18.4 Å². The van der Waals surface area contributed by atoms with E-state index in [0.717, 1.165) is 11.3 Å². The molecule has 2 aromatic heterocycles. The average molecular weight is 207 g/mol. The fourth-order valence-corrected chi connectivity index (χ4v) is 1.35. The third-order valence-electron chi connectivity index (χ3n) is 2.05. The van der Waals surface area contributed by atoms with Crippen LogP contribution in [0.1, 0.15) is 11.3 Å². The van der Waals surface area contributed by atoms with Crippen LogP contribution in [0.15, 0.2) is 6.20 Å². The summed E-state index contributed by atoms with van der Waals surface area (Å²) in [5.74, 6) is 0.802. The molecule has 0 aliphatic heterocycles. The molecule has 0 spiro atoms. The van der Waals surface area contributed by atoms with Gasteiger partial charge in [0, 0.05) is 25.4 Å². The molecule has 0 atom stereocenters. The molecule has 15 heavy (non-hydrogen) atoms. The van der Waals surface area contributed by atoms with Gasteiger partial charge in [-0.25, -0.2) is 5.10 Å². The number of nitrogen functional groups attached to an aromatic ring is 1. The summed E-state index contributed by atoms with van der Waals surface area (Å²) in [6, 6.07) is 0. The number of rotatable bonds is 3. The second-order valence-electron chi connectivity index (χ2n) is 3.31. The highest BCUT2D eigenvalue weighted by molar-refractivity contribution is 5.31. The van der Waals surface area contributed by atoms with Crippen LogP contribution in [0.3, 0.4) is 0 Å². The molecule has 2 aromatic rings. The number of aromatic amines is 1. The largest absolute Gasteiger partial charge is 0.368 e. The van der Waals surface area contributed by atoms with E-state index >= 15 is 0 Å². The van der Waals surface area contributed by atoms with Crippen LogP contribution in [-0.2, 0) is 13.6 Å². The lowest BCUT2D eigenvalue weighted by Crippen LogP contribution is -2.01. The van der Waals surface area contributed by atoms with Gasteiger partial charge in [-0.1, -0.05) is 0 Å². The summed E-state index contributed by atoms with van der Waals surface area (Å²) in [6.07, 6.45) is 1.96. The van der Waals surface area contributed by atoms with Crippen LogP contribution in [-0.4, -0.2) is 25.0 Å². The third kappa shape index (κ3) is 2.06. The van der Waals surface area contributed by atoms with Gasteiger partial charge in [-0.05, 0) is 6.92 Å². The predicted octanol–water partition coefficient (Wildman–Crippen LogP) is 0.0409. The summed E-state index contributed by atoms with van der Waals surface area (Å²) >= 11 is 0. The Bertz CT molecular complexity index is 455. The molecule has 0 bridgehead atoms. The van der Waals surface area contributed by atoms with Crippen molar-refractivity contribution in [1.82, 2.24) is 25.0 Å². The van der Waals surface area contributed by atoms with Crippen LogP contribution >= 0.6 is 0 Å². The number of H-pyrrole nitrogens is 1. The Morgan fingerprint density at radius 2 is 2.40 bits per heavy atom. The van der Waals surface area contributed by atoms with Crippen LogP contribution in [0.2, 0.25) is 0 Å². The van der Waals surface area contributed by atoms with E-state index in [1.807, 2.05) is 20.2 Å². The minimum atomic E-state index is 0.306. The lowest BCUT2D eigenvalue weighted by molar-refractivity contribution is 0.756. The van der Waals surface area contributed by atoms with E-state index in [-0.39, 0.29) is 0 Å². The average Bonchev–Trinajstić information content (AvgIpc) is 2.70. The summed E-state index contributed by atoms with van der Waals surface area (Å²) in [4.78, 5) is 3.94. The molecule has 2 heterocycles. The predicted molar refractivity (Wildman–Crippen MR) is 56.1 cm³/mol. The molecule has 0 radical (unpaired) electrons. The monoisotopic (exact) mass is 207 g/mol. The van der Waals surface area contributed by atoms with Gasteiger partial charge in [-0.2, -0.15) is 10.1 Å². The Hall–Kier alpha value is -2.05. The molecule has 0 aliphatic rings. The number of nitrogens with two attached hydrogens (primary N) is 1. The van der Waals surface area contributed by atoms with Crippen LogP contribution < -0.4 is 11.1 Å². The molecule has 2 rings (SSSR count). The van der Waals surface area contributed by atoms with Gasteiger partial charge < -0.3 is 11.1 Å². The lowest BCUT2D eigenvalue weighted by atomic mass is 10.3. The minimum absolute atomic E-state index is 0.306. The topological polar surface area (TPSA) is 97.4 Å². The fourth-order valence-electron chi connectivity index (χ4n) is 1.35. The van der Waals surface area contributed by atoms with Crippen molar-refractivity contribution >= 4 is 11.9 Å². The molecular formula is C8H13N7. The van der Waals surface area contributed by atoms with Crippen molar-refractivity contribution in [2.24, 2.45) is 7.05 Å². The van der Waals surface area contributed by atoms with Crippen molar-refractivity contribution in [2.45, 2.75) is 13.5 Å². The zero-order chi connectivity index (χ0) is 10.8. The Kier molecular flexibility index (Phi) is 2.28. The number of anilines is 2. The number of nitrogens with zero attached hydrogens (tertiary/aromatic N) is 4. The van der Waals surface area contributed by atoms with Gasteiger partial charge in [0.2, 0.25) is 11.9 Å². The molecular weight excluding hydrogens is 194 g/mol. The zero-order valence-electron chi connectivity index (χ0n) is 8.65. The first-order valence-electron chi connectivity index (χ1n) is 4.56. The first-order chi connectivity index (χ1) is 7.15. The molecule has 0 aromatic carbocycles. The number of hydrogen-bond acceptors (Lipinski definition) is 5. The van der Waals surface area contributed by atoms with E-state index in [9.17, 15) is 0 Å². The second-order valence-corrected chi connectivity index (χ2v) is 3.31. The molecule has 0 aliphatic carbocycles. The van der Waals surface area contributed by atoms with Gasteiger partial charge in [-0.3, -0.25) is 4.68 Å². The van der Waals surface area contributed by atoms with Crippen LogP contribution in [0.25, 0.3) is 0 Å². The van der Waals surface area contributed by atoms with Crippen molar-refractivity contribution in [3.05, 3.63) is 17.5 Å². The van der Waals surface area contributed by atoms with E-state index in [4.69, 9.17) is 5.73 Å². The van der Waals surface area contributed by atoms with Gasteiger partial charge in [0.1, 0.15) is 0 Å². The molecule has 0 saturated heterocycles. The van der Waals surface area contributed by atoms with Gasteiger partial charge in [0.25, 0.3) is 0 Å². The van der Waals surface area contributed by atoms with E-state index < -0.39 is 0 Å². The van der Waals surface area contributed by atoms with Crippen molar-refractivity contribution in [1.29, 1.82) is 0 Å². The highest BCUT2D eigenvalue weighted by Gasteiger charge is 2.04. The number of aryl methyl sites for hydroxylation is 2. The Morgan fingerprint density at radius 1 is 1.60 bits per heavy atom. The summed E-state index contributed by atoms with van der Waals surface area (Å²) < 4.78 is 1.78.